The van der Waals surface area contributed by atoms with Crippen molar-refractivity contribution in [3.8, 4) is 0 Å². The standard InChI is InChI=1S/C23H23FN2O4/c24-18-8-6-17(7-9-18)21(27)19-20(16-4-2-1-3-5-16)26(23(29)22(19)28)11-10-25-12-14-30-15-13-25/h1-9,20,27H,10-15H2/b21-19+/t20-/m1/s1. The molecule has 2 aromatic rings. The van der Waals surface area contributed by atoms with E-state index in [-0.39, 0.29) is 11.3 Å². The van der Waals surface area contributed by atoms with E-state index in [1.54, 1.807) is 0 Å². The van der Waals surface area contributed by atoms with Gasteiger partial charge in [-0.15, -0.1) is 0 Å². The molecule has 1 N–H and O–H groups in total. The number of halogens is 1. The third kappa shape index (κ3) is 3.99. The molecule has 2 heterocycles. The molecule has 0 bridgehead atoms. The van der Waals surface area contributed by atoms with Crippen LogP contribution in [0.5, 0.6) is 0 Å². The van der Waals surface area contributed by atoms with E-state index < -0.39 is 23.5 Å². The van der Waals surface area contributed by atoms with Crippen molar-refractivity contribution in [3.05, 3.63) is 77.1 Å². The molecule has 2 aromatic carbocycles. The van der Waals surface area contributed by atoms with Crippen LogP contribution in [0.15, 0.2) is 60.2 Å². The van der Waals surface area contributed by atoms with E-state index in [1.165, 1.54) is 29.2 Å². The maximum atomic E-state index is 13.3. The SMILES string of the molecule is O=C1C(=O)N(CCN2CCOCC2)[C@H](c2ccccc2)/C1=C(\O)c1ccc(F)cc1. The van der Waals surface area contributed by atoms with Crippen LogP contribution in [0.3, 0.4) is 0 Å². The summed E-state index contributed by atoms with van der Waals surface area (Å²) in [4.78, 5) is 29.5. The Hall–Kier alpha value is -3.03. The van der Waals surface area contributed by atoms with Crippen molar-refractivity contribution in [2.45, 2.75) is 6.04 Å². The second-order valence-corrected chi connectivity index (χ2v) is 7.36. The lowest BCUT2D eigenvalue weighted by molar-refractivity contribution is -0.140. The van der Waals surface area contributed by atoms with Crippen LogP contribution in [0.4, 0.5) is 4.39 Å². The zero-order valence-corrected chi connectivity index (χ0v) is 16.5. The first-order valence-corrected chi connectivity index (χ1v) is 9.95. The molecule has 6 nitrogen and oxygen atoms in total. The van der Waals surface area contributed by atoms with Gasteiger partial charge in [0.1, 0.15) is 11.6 Å². The van der Waals surface area contributed by atoms with Gasteiger partial charge in [0.05, 0.1) is 24.8 Å². The van der Waals surface area contributed by atoms with Crippen molar-refractivity contribution in [2.24, 2.45) is 0 Å². The van der Waals surface area contributed by atoms with E-state index in [2.05, 4.69) is 4.90 Å². The molecule has 2 fully saturated rings. The Morgan fingerprint density at radius 2 is 1.67 bits per heavy atom. The van der Waals surface area contributed by atoms with Crippen LogP contribution >= 0.6 is 0 Å². The van der Waals surface area contributed by atoms with Crippen LogP contribution in [0.2, 0.25) is 0 Å². The minimum Gasteiger partial charge on any atom is -0.507 e. The summed E-state index contributed by atoms with van der Waals surface area (Å²) in [5, 5.41) is 10.9. The normalized spacial score (nSPS) is 21.9. The number of rotatable bonds is 5. The number of hydrogen-bond donors (Lipinski definition) is 1. The van der Waals surface area contributed by atoms with Crippen molar-refractivity contribution in [1.29, 1.82) is 0 Å². The number of carbonyl (C=O) groups is 2. The lowest BCUT2D eigenvalue weighted by Gasteiger charge is -2.31. The molecule has 0 radical (unpaired) electrons. The molecule has 0 saturated carbocycles. The highest BCUT2D eigenvalue weighted by Gasteiger charge is 2.45. The van der Waals surface area contributed by atoms with Crippen molar-refractivity contribution >= 4 is 17.4 Å². The molecule has 7 heteroatoms. The van der Waals surface area contributed by atoms with Gasteiger partial charge in [0, 0.05) is 31.7 Å². The van der Waals surface area contributed by atoms with Crippen molar-refractivity contribution < 1.29 is 23.8 Å². The summed E-state index contributed by atoms with van der Waals surface area (Å²) >= 11 is 0. The fourth-order valence-corrected chi connectivity index (χ4v) is 3.93. The lowest BCUT2D eigenvalue weighted by atomic mass is 9.95. The number of ketones is 1. The molecule has 30 heavy (non-hydrogen) atoms. The highest BCUT2D eigenvalue weighted by atomic mass is 19.1. The minimum atomic E-state index is -0.729. The number of nitrogens with zero attached hydrogens (tertiary/aromatic N) is 2. The summed E-state index contributed by atoms with van der Waals surface area (Å²) in [6.45, 7) is 3.79. The molecule has 0 spiro atoms. The number of aliphatic hydroxyl groups is 1. The molecule has 156 valence electrons. The second-order valence-electron chi connectivity index (χ2n) is 7.36. The molecular formula is C23H23FN2O4. The molecule has 0 aromatic heterocycles. The Morgan fingerprint density at radius 1 is 1.00 bits per heavy atom. The summed E-state index contributed by atoms with van der Waals surface area (Å²) in [5.74, 6) is -2.11. The summed E-state index contributed by atoms with van der Waals surface area (Å²) in [5.41, 5.74) is 1.06. The predicted molar refractivity (Wildman–Crippen MR) is 109 cm³/mol. The number of aliphatic hydroxyl groups excluding tert-OH is 1. The Kier molecular flexibility index (Phi) is 5.92. The third-order valence-corrected chi connectivity index (χ3v) is 5.53. The van der Waals surface area contributed by atoms with Gasteiger partial charge in [-0.3, -0.25) is 14.5 Å². The van der Waals surface area contributed by atoms with Gasteiger partial charge < -0.3 is 14.7 Å². The van der Waals surface area contributed by atoms with Gasteiger partial charge in [-0.05, 0) is 29.8 Å². The predicted octanol–water partition coefficient (Wildman–Crippen LogP) is 2.58. The molecule has 0 unspecified atom stereocenters. The monoisotopic (exact) mass is 410 g/mol. The van der Waals surface area contributed by atoms with Crippen LogP contribution < -0.4 is 0 Å². The Balaban J connectivity index is 1.71. The average molecular weight is 410 g/mol. The van der Waals surface area contributed by atoms with Gasteiger partial charge >= 0.3 is 0 Å². The quantitative estimate of drug-likeness (QED) is 0.466. The molecule has 1 amide bonds. The largest absolute Gasteiger partial charge is 0.507 e. The van der Waals surface area contributed by atoms with Crippen molar-refractivity contribution in [1.82, 2.24) is 9.80 Å². The van der Waals surface area contributed by atoms with Crippen LogP contribution in [-0.4, -0.2) is 66.0 Å². The maximum Gasteiger partial charge on any atom is 0.295 e. The number of carbonyl (C=O) groups excluding carboxylic acids is 2. The molecule has 2 aliphatic rings. The average Bonchev–Trinajstić information content (AvgIpc) is 3.04. The summed E-state index contributed by atoms with van der Waals surface area (Å²) in [6.07, 6.45) is 0. The summed E-state index contributed by atoms with van der Waals surface area (Å²) < 4.78 is 18.7. The fraction of sp³-hybridized carbons (Fsp3) is 0.304. The zero-order valence-electron chi connectivity index (χ0n) is 16.5. The Labute approximate surface area is 174 Å². The summed E-state index contributed by atoms with van der Waals surface area (Å²) in [7, 11) is 0. The van der Waals surface area contributed by atoms with Gasteiger partial charge in [0.15, 0.2) is 0 Å². The fourth-order valence-electron chi connectivity index (χ4n) is 3.93. The number of amides is 1. The second kappa shape index (κ2) is 8.77. The lowest BCUT2D eigenvalue weighted by Crippen LogP contribution is -2.42. The molecule has 2 aliphatic heterocycles. The molecule has 0 aliphatic carbocycles. The minimum absolute atomic E-state index is 0.0276. The number of Topliss-reactive ketones (excluding diaryl/α,β-unsaturated/α-hetero) is 1. The smallest absolute Gasteiger partial charge is 0.295 e. The first-order valence-electron chi connectivity index (χ1n) is 9.95. The number of morpholine rings is 1. The molecule has 1 atom stereocenters. The number of likely N-dealkylation sites (tertiary alicyclic amines) is 1. The van der Waals surface area contributed by atoms with E-state index >= 15 is 0 Å². The van der Waals surface area contributed by atoms with Crippen LogP contribution in [0, 0.1) is 5.82 Å². The third-order valence-electron chi connectivity index (χ3n) is 5.53. The Bertz CT molecular complexity index is 953. The number of hydrogen-bond acceptors (Lipinski definition) is 5. The van der Waals surface area contributed by atoms with Crippen LogP contribution in [0.25, 0.3) is 5.76 Å². The first-order chi connectivity index (χ1) is 14.6. The number of benzene rings is 2. The van der Waals surface area contributed by atoms with Crippen molar-refractivity contribution in [2.75, 3.05) is 39.4 Å². The molecule has 4 rings (SSSR count). The van der Waals surface area contributed by atoms with E-state index in [0.717, 1.165) is 18.7 Å². The van der Waals surface area contributed by atoms with Gasteiger partial charge in [-0.2, -0.15) is 0 Å². The van der Waals surface area contributed by atoms with Gasteiger partial charge in [-0.25, -0.2) is 4.39 Å². The summed E-state index contributed by atoms with van der Waals surface area (Å²) in [6, 6.07) is 13.7. The molecule has 2 saturated heterocycles. The maximum absolute atomic E-state index is 13.3. The van der Waals surface area contributed by atoms with Crippen LogP contribution in [0.1, 0.15) is 17.2 Å². The van der Waals surface area contributed by atoms with E-state index in [4.69, 9.17) is 4.74 Å². The van der Waals surface area contributed by atoms with Crippen LogP contribution in [-0.2, 0) is 14.3 Å². The highest BCUT2D eigenvalue weighted by molar-refractivity contribution is 6.46. The first kappa shape index (κ1) is 20.3. The van der Waals surface area contributed by atoms with E-state index in [9.17, 15) is 19.1 Å². The van der Waals surface area contributed by atoms with E-state index in [1.807, 2.05) is 30.3 Å². The van der Waals surface area contributed by atoms with E-state index in [0.29, 0.717) is 31.9 Å². The topological polar surface area (TPSA) is 70.1 Å². The van der Waals surface area contributed by atoms with Gasteiger partial charge in [0.2, 0.25) is 0 Å². The Morgan fingerprint density at radius 3 is 2.33 bits per heavy atom. The number of ether oxygens (including phenoxy) is 1. The zero-order chi connectivity index (χ0) is 21.1. The van der Waals surface area contributed by atoms with Gasteiger partial charge in [-0.1, -0.05) is 30.3 Å². The van der Waals surface area contributed by atoms with Crippen molar-refractivity contribution in [3.63, 3.8) is 0 Å². The highest BCUT2D eigenvalue weighted by Crippen LogP contribution is 2.39. The molecular weight excluding hydrogens is 387 g/mol. The van der Waals surface area contributed by atoms with Gasteiger partial charge in [0.25, 0.3) is 11.7 Å².